The zero-order valence-electron chi connectivity index (χ0n) is 21.5. The van der Waals surface area contributed by atoms with Gasteiger partial charge in [-0.25, -0.2) is 9.79 Å². The molecule has 10 heteroatoms. The van der Waals surface area contributed by atoms with Gasteiger partial charge in [0.25, 0.3) is 5.56 Å². The van der Waals surface area contributed by atoms with Crippen molar-refractivity contribution in [2.45, 2.75) is 19.9 Å². The van der Waals surface area contributed by atoms with Crippen LogP contribution in [0, 0.1) is 0 Å². The maximum atomic E-state index is 13.9. The van der Waals surface area contributed by atoms with Crippen molar-refractivity contribution in [3.63, 3.8) is 0 Å². The van der Waals surface area contributed by atoms with Gasteiger partial charge in [-0.1, -0.05) is 17.4 Å². The lowest BCUT2D eigenvalue weighted by molar-refractivity contribution is -0.139. The molecule has 0 fully saturated rings. The summed E-state index contributed by atoms with van der Waals surface area (Å²) >= 11 is 4.88. The summed E-state index contributed by atoms with van der Waals surface area (Å²) in [6.45, 7) is 3.68. The largest absolute Gasteiger partial charge is 0.497 e. The predicted octanol–water partition coefficient (Wildman–Crippen LogP) is 3.64. The number of benzene rings is 2. The Labute approximate surface area is 227 Å². The van der Waals surface area contributed by atoms with Crippen molar-refractivity contribution in [3.05, 3.63) is 83.0 Å². The summed E-state index contributed by atoms with van der Waals surface area (Å²) in [5.74, 6) is 0.554. The van der Waals surface area contributed by atoms with Gasteiger partial charge in [-0.05, 0) is 71.7 Å². The molecule has 1 atom stereocenters. The highest BCUT2D eigenvalue weighted by Crippen LogP contribution is 2.37. The highest BCUT2D eigenvalue weighted by Gasteiger charge is 2.35. The van der Waals surface area contributed by atoms with E-state index in [0.717, 1.165) is 15.7 Å². The van der Waals surface area contributed by atoms with Crippen molar-refractivity contribution < 1.29 is 19.0 Å². The second kappa shape index (κ2) is 10.9. The number of hydrogen-bond donors (Lipinski definition) is 0. The summed E-state index contributed by atoms with van der Waals surface area (Å²) in [4.78, 5) is 34.1. The Morgan fingerprint density at radius 1 is 1.19 bits per heavy atom. The van der Waals surface area contributed by atoms with E-state index in [9.17, 15) is 9.59 Å². The van der Waals surface area contributed by atoms with Gasteiger partial charge in [-0.2, -0.15) is 0 Å². The Bertz CT molecular complexity index is 1570. The number of aromatic nitrogens is 1. The van der Waals surface area contributed by atoms with Crippen LogP contribution in [-0.2, 0) is 9.53 Å². The molecule has 0 radical (unpaired) electrons. The number of methoxy groups -OCH3 is 2. The van der Waals surface area contributed by atoms with Crippen LogP contribution >= 0.6 is 27.3 Å². The minimum absolute atomic E-state index is 0.194. The van der Waals surface area contributed by atoms with Crippen LogP contribution in [0.4, 0.5) is 5.69 Å². The number of thiazole rings is 1. The Kier molecular flexibility index (Phi) is 7.89. The third-order valence-corrected chi connectivity index (χ3v) is 7.62. The monoisotopic (exact) mass is 585 g/mol. The lowest BCUT2D eigenvalue weighted by Gasteiger charge is -2.26. The molecule has 0 saturated heterocycles. The maximum absolute atomic E-state index is 13.9. The number of nitrogens with zero attached hydrogens (tertiary/aromatic N) is 3. The molecule has 1 aromatic heterocycles. The van der Waals surface area contributed by atoms with Crippen LogP contribution in [-0.4, -0.2) is 45.5 Å². The van der Waals surface area contributed by atoms with E-state index in [2.05, 4.69) is 20.9 Å². The van der Waals surface area contributed by atoms with Crippen LogP contribution in [0.5, 0.6) is 11.5 Å². The highest BCUT2D eigenvalue weighted by atomic mass is 79.9. The SMILES string of the molecule is CCOC(=O)C1=C(C)N=c2s/c(=C\c3ccc(N(C)C)c(Br)c3)c(=O)n2[C@H]1c1cc(OC)ccc1OC. The van der Waals surface area contributed by atoms with E-state index in [-0.39, 0.29) is 17.7 Å². The standard InChI is InChI=1S/C27H28BrN3O5S/c1-7-36-26(33)23-15(2)29-27-31(24(23)18-14-17(34-5)9-11-21(18)35-6)25(32)22(37-27)13-16-8-10-20(30(3)4)19(28)12-16/h8-14,24H,7H2,1-6H3/b22-13-/t24-/m0/s1. The van der Waals surface area contributed by atoms with Crippen molar-refractivity contribution in [1.29, 1.82) is 0 Å². The molecule has 8 nitrogen and oxygen atoms in total. The Hall–Kier alpha value is -3.37. The molecule has 0 amide bonds. The Balaban J connectivity index is 1.98. The quantitative estimate of drug-likeness (QED) is 0.394. The Morgan fingerprint density at radius 2 is 1.95 bits per heavy atom. The van der Waals surface area contributed by atoms with E-state index < -0.39 is 12.0 Å². The van der Waals surface area contributed by atoms with E-state index in [4.69, 9.17) is 14.2 Å². The summed E-state index contributed by atoms with van der Waals surface area (Å²) in [6.07, 6.45) is 1.83. The van der Waals surface area contributed by atoms with Crippen LogP contribution in [0.15, 0.2) is 61.9 Å². The summed E-state index contributed by atoms with van der Waals surface area (Å²) in [5, 5.41) is 0. The molecule has 0 saturated carbocycles. The number of anilines is 1. The first kappa shape index (κ1) is 26.7. The lowest BCUT2D eigenvalue weighted by Crippen LogP contribution is -2.40. The molecule has 0 N–H and O–H groups in total. The lowest BCUT2D eigenvalue weighted by atomic mass is 9.94. The number of esters is 1. The van der Waals surface area contributed by atoms with E-state index in [0.29, 0.717) is 32.1 Å². The Morgan fingerprint density at radius 3 is 2.57 bits per heavy atom. The molecule has 0 bridgehead atoms. The molecule has 3 aromatic rings. The van der Waals surface area contributed by atoms with Crippen molar-refractivity contribution in [3.8, 4) is 11.5 Å². The molecular weight excluding hydrogens is 558 g/mol. The number of fused-ring (bicyclic) bond motifs is 1. The van der Waals surface area contributed by atoms with Gasteiger partial charge in [-0.3, -0.25) is 9.36 Å². The van der Waals surface area contributed by atoms with Gasteiger partial charge >= 0.3 is 5.97 Å². The first-order valence-corrected chi connectivity index (χ1v) is 13.2. The first-order chi connectivity index (χ1) is 17.7. The summed E-state index contributed by atoms with van der Waals surface area (Å²) in [7, 11) is 7.04. The number of carbonyl (C=O) groups is 1. The fourth-order valence-electron chi connectivity index (χ4n) is 4.27. The number of carbonyl (C=O) groups excluding carboxylic acids is 1. The van der Waals surface area contributed by atoms with Crippen LogP contribution < -0.4 is 29.3 Å². The molecule has 0 aliphatic carbocycles. The second-order valence-corrected chi connectivity index (χ2v) is 10.4. The smallest absolute Gasteiger partial charge is 0.338 e. The zero-order valence-corrected chi connectivity index (χ0v) is 23.9. The van der Waals surface area contributed by atoms with Gasteiger partial charge in [0.1, 0.15) is 17.5 Å². The fraction of sp³-hybridized carbons (Fsp3) is 0.296. The summed E-state index contributed by atoms with van der Waals surface area (Å²) < 4.78 is 19.4. The number of allylic oxidation sites excluding steroid dienone is 1. The van der Waals surface area contributed by atoms with E-state index in [1.165, 1.54) is 15.9 Å². The molecule has 0 unspecified atom stereocenters. The van der Waals surface area contributed by atoms with Crippen molar-refractivity contribution in [1.82, 2.24) is 4.57 Å². The zero-order chi connectivity index (χ0) is 26.9. The van der Waals surface area contributed by atoms with Crippen LogP contribution in [0.25, 0.3) is 6.08 Å². The summed E-state index contributed by atoms with van der Waals surface area (Å²) in [5.41, 5.74) is 2.99. The number of ether oxygens (including phenoxy) is 3. The van der Waals surface area contributed by atoms with Crippen LogP contribution in [0.3, 0.4) is 0 Å². The average Bonchev–Trinajstić information content (AvgIpc) is 3.16. The van der Waals surface area contributed by atoms with Crippen molar-refractivity contribution in [2.75, 3.05) is 39.8 Å². The number of rotatable bonds is 7. The van der Waals surface area contributed by atoms with Crippen LogP contribution in [0.1, 0.15) is 31.0 Å². The second-order valence-electron chi connectivity index (χ2n) is 8.52. The molecule has 2 heterocycles. The molecular formula is C27H28BrN3O5S. The van der Waals surface area contributed by atoms with Crippen molar-refractivity contribution >= 4 is 45.0 Å². The molecule has 2 aromatic carbocycles. The molecule has 194 valence electrons. The summed E-state index contributed by atoms with van der Waals surface area (Å²) in [6, 6.07) is 10.4. The van der Waals surface area contributed by atoms with E-state index >= 15 is 0 Å². The van der Waals surface area contributed by atoms with Gasteiger partial charge in [0.2, 0.25) is 0 Å². The average molecular weight is 587 g/mol. The third-order valence-electron chi connectivity index (χ3n) is 6.00. The van der Waals surface area contributed by atoms with Crippen molar-refractivity contribution in [2.24, 2.45) is 4.99 Å². The molecule has 0 spiro atoms. The minimum Gasteiger partial charge on any atom is -0.497 e. The highest BCUT2D eigenvalue weighted by molar-refractivity contribution is 9.10. The van der Waals surface area contributed by atoms with Gasteiger partial charge < -0.3 is 19.1 Å². The number of halogens is 1. The number of hydrogen-bond acceptors (Lipinski definition) is 8. The molecule has 1 aliphatic heterocycles. The topological polar surface area (TPSA) is 82.4 Å². The first-order valence-electron chi connectivity index (χ1n) is 11.6. The molecule has 1 aliphatic rings. The van der Waals surface area contributed by atoms with Gasteiger partial charge in [0.05, 0.1) is 42.3 Å². The normalized spacial score (nSPS) is 15.2. The van der Waals surface area contributed by atoms with E-state index in [1.54, 1.807) is 46.3 Å². The van der Waals surface area contributed by atoms with E-state index in [1.807, 2.05) is 43.3 Å². The molecule has 4 rings (SSSR count). The van der Waals surface area contributed by atoms with Gasteiger partial charge in [0.15, 0.2) is 4.80 Å². The fourth-order valence-corrected chi connectivity index (χ4v) is 6.06. The minimum atomic E-state index is -0.801. The van der Waals surface area contributed by atoms with Gasteiger partial charge in [0, 0.05) is 24.1 Å². The van der Waals surface area contributed by atoms with Gasteiger partial charge in [-0.15, -0.1) is 0 Å². The molecule has 37 heavy (non-hydrogen) atoms. The predicted molar refractivity (Wildman–Crippen MR) is 148 cm³/mol. The van der Waals surface area contributed by atoms with Crippen LogP contribution in [0.2, 0.25) is 0 Å². The maximum Gasteiger partial charge on any atom is 0.338 e. The third kappa shape index (κ3) is 5.08.